The molecule has 2 aliphatic rings. The number of carbonyl (C=O) groups excluding carboxylic acids is 3. The Labute approximate surface area is 178 Å². The van der Waals surface area contributed by atoms with E-state index < -0.39 is 12.1 Å². The van der Waals surface area contributed by atoms with Gasteiger partial charge in [0.15, 0.2) is 0 Å². The van der Waals surface area contributed by atoms with Crippen LogP contribution in [0.15, 0.2) is 24.3 Å². The number of likely N-dealkylation sites (tertiary alicyclic amines) is 1. The number of amides is 3. The number of rotatable bonds is 5. The number of nitrogens with zero attached hydrogens (tertiary/aromatic N) is 2. The van der Waals surface area contributed by atoms with Gasteiger partial charge in [-0.15, -0.1) is 0 Å². The molecule has 1 fully saturated rings. The second kappa shape index (κ2) is 9.96. The Morgan fingerprint density at radius 2 is 1.93 bits per heavy atom. The van der Waals surface area contributed by atoms with Crippen LogP contribution in [-0.2, 0) is 27.3 Å². The van der Waals surface area contributed by atoms with Crippen LogP contribution in [0.25, 0.3) is 0 Å². The van der Waals surface area contributed by atoms with Crippen LogP contribution >= 0.6 is 0 Å². The van der Waals surface area contributed by atoms with Gasteiger partial charge >= 0.3 is 6.09 Å². The fourth-order valence-corrected chi connectivity index (χ4v) is 4.32. The SMILES string of the molecule is CCOC(=O)NC1CCCN(C(=O)C2Cc3ccccc3CN2C(=O)CC(C)C)C1. The van der Waals surface area contributed by atoms with Crippen molar-refractivity contribution in [2.24, 2.45) is 5.92 Å². The van der Waals surface area contributed by atoms with Gasteiger partial charge in [0, 0.05) is 38.5 Å². The van der Waals surface area contributed by atoms with E-state index in [1.165, 1.54) is 0 Å². The molecule has 0 aliphatic carbocycles. The van der Waals surface area contributed by atoms with Crippen LogP contribution in [0.1, 0.15) is 51.2 Å². The lowest BCUT2D eigenvalue weighted by atomic mass is 9.91. The molecule has 2 aliphatic heterocycles. The number of benzene rings is 1. The number of ether oxygens (including phenoxy) is 1. The number of nitrogens with one attached hydrogen (secondary N) is 1. The second-order valence-corrected chi connectivity index (χ2v) is 8.60. The van der Waals surface area contributed by atoms with Gasteiger partial charge < -0.3 is 19.9 Å². The van der Waals surface area contributed by atoms with E-state index in [1.54, 1.807) is 16.7 Å². The minimum atomic E-state index is -0.493. The zero-order valence-corrected chi connectivity index (χ0v) is 18.2. The van der Waals surface area contributed by atoms with Crippen molar-refractivity contribution in [2.45, 2.75) is 65.1 Å². The third-order valence-electron chi connectivity index (χ3n) is 5.77. The number of hydrogen-bond donors (Lipinski definition) is 1. The smallest absolute Gasteiger partial charge is 0.407 e. The molecule has 2 atom stereocenters. The Kier molecular flexibility index (Phi) is 7.34. The highest BCUT2D eigenvalue weighted by atomic mass is 16.5. The van der Waals surface area contributed by atoms with Crippen molar-refractivity contribution in [3.8, 4) is 0 Å². The molecule has 1 aromatic carbocycles. The van der Waals surface area contributed by atoms with Crippen LogP contribution in [0.5, 0.6) is 0 Å². The summed E-state index contributed by atoms with van der Waals surface area (Å²) >= 11 is 0. The molecule has 1 N–H and O–H groups in total. The zero-order valence-electron chi connectivity index (χ0n) is 18.2. The van der Waals surface area contributed by atoms with Crippen molar-refractivity contribution in [2.75, 3.05) is 19.7 Å². The van der Waals surface area contributed by atoms with Crippen molar-refractivity contribution in [1.82, 2.24) is 15.1 Å². The van der Waals surface area contributed by atoms with E-state index >= 15 is 0 Å². The van der Waals surface area contributed by atoms with Crippen LogP contribution < -0.4 is 5.32 Å². The molecule has 3 amide bonds. The van der Waals surface area contributed by atoms with E-state index in [1.807, 2.05) is 38.1 Å². The van der Waals surface area contributed by atoms with Gasteiger partial charge in [0.25, 0.3) is 0 Å². The normalized spacial score (nSPS) is 21.2. The van der Waals surface area contributed by atoms with Gasteiger partial charge in [-0.1, -0.05) is 38.1 Å². The molecule has 1 saturated heterocycles. The molecule has 0 saturated carbocycles. The maximum atomic E-state index is 13.5. The molecular formula is C23H33N3O4. The summed E-state index contributed by atoms with van der Waals surface area (Å²) < 4.78 is 4.97. The molecule has 1 aromatic rings. The first-order chi connectivity index (χ1) is 14.4. The molecule has 0 aromatic heterocycles. The number of hydrogen-bond acceptors (Lipinski definition) is 4. The van der Waals surface area contributed by atoms with Crippen LogP contribution in [0.4, 0.5) is 4.79 Å². The molecule has 0 spiro atoms. The average Bonchev–Trinajstić information content (AvgIpc) is 2.72. The van der Waals surface area contributed by atoms with E-state index in [9.17, 15) is 14.4 Å². The first-order valence-electron chi connectivity index (χ1n) is 11.0. The van der Waals surface area contributed by atoms with Crippen molar-refractivity contribution in [1.29, 1.82) is 0 Å². The van der Waals surface area contributed by atoms with Gasteiger partial charge in [-0.25, -0.2) is 4.79 Å². The van der Waals surface area contributed by atoms with Gasteiger partial charge in [-0.2, -0.15) is 0 Å². The lowest BCUT2D eigenvalue weighted by molar-refractivity contribution is -0.148. The fraction of sp³-hybridized carbons (Fsp3) is 0.609. The quantitative estimate of drug-likeness (QED) is 0.802. The summed E-state index contributed by atoms with van der Waals surface area (Å²) in [5.74, 6) is 0.228. The highest BCUT2D eigenvalue weighted by Crippen LogP contribution is 2.27. The molecule has 7 heteroatoms. The molecule has 7 nitrogen and oxygen atoms in total. The van der Waals surface area contributed by atoms with Gasteiger partial charge in [0.2, 0.25) is 11.8 Å². The standard InChI is InChI=1S/C23H33N3O4/c1-4-30-23(29)24-19-10-7-11-25(15-19)22(28)20-13-17-8-5-6-9-18(17)14-26(20)21(27)12-16(2)3/h5-6,8-9,16,19-20H,4,7,10-15H2,1-3H3,(H,24,29). The monoisotopic (exact) mass is 415 g/mol. The van der Waals surface area contributed by atoms with Crippen molar-refractivity contribution in [3.05, 3.63) is 35.4 Å². The van der Waals surface area contributed by atoms with Crippen LogP contribution in [0.2, 0.25) is 0 Å². The molecule has 164 valence electrons. The second-order valence-electron chi connectivity index (χ2n) is 8.60. The minimum absolute atomic E-state index is 0.0241. The summed E-state index contributed by atoms with van der Waals surface area (Å²) in [4.78, 5) is 41.8. The molecule has 2 unspecified atom stereocenters. The Balaban J connectivity index is 1.75. The summed E-state index contributed by atoms with van der Waals surface area (Å²) in [6.45, 7) is 7.67. The van der Waals surface area contributed by atoms with E-state index in [0.29, 0.717) is 39.1 Å². The number of carbonyl (C=O) groups is 3. The predicted octanol–water partition coefficient (Wildman–Crippen LogP) is 2.72. The zero-order chi connectivity index (χ0) is 21.7. The van der Waals surface area contributed by atoms with E-state index in [4.69, 9.17) is 4.74 Å². The summed E-state index contributed by atoms with van der Waals surface area (Å²) in [6, 6.07) is 7.41. The largest absolute Gasteiger partial charge is 0.450 e. The predicted molar refractivity (Wildman–Crippen MR) is 114 cm³/mol. The van der Waals surface area contributed by atoms with Crippen molar-refractivity contribution < 1.29 is 19.1 Å². The molecule has 2 heterocycles. The van der Waals surface area contributed by atoms with Gasteiger partial charge in [-0.3, -0.25) is 9.59 Å². The number of fused-ring (bicyclic) bond motifs is 1. The Morgan fingerprint density at radius 1 is 1.20 bits per heavy atom. The van der Waals surface area contributed by atoms with Crippen molar-refractivity contribution in [3.63, 3.8) is 0 Å². The Hall–Kier alpha value is -2.57. The average molecular weight is 416 g/mol. The maximum absolute atomic E-state index is 13.5. The summed E-state index contributed by atoms with van der Waals surface area (Å²) in [5.41, 5.74) is 2.24. The third kappa shape index (κ3) is 5.32. The first-order valence-corrected chi connectivity index (χ1v) is 11.0. The number of alkyl carbamates (subject to hydrolysis) is 1. The van der Waals surface area contributed by atoms with E-state index in [-0.39, 0.29) is 23.8 Å². The highest BCUT2D eigenvalue weighted by Gasteiger charge is 2.38. The van der Waals surface area contributed by atoms with Crippen LogP contribution in [-0.4, -0.2) is 59.5 Å². The summed E-state index contributed by atoms with van der Waals surface area (Å²) in [7, 11) is 0. The molecule has 3 rings (SSSR count). The topological polar surface area (TPSA) is 79.0 Å². The molecule has 0 bridgehead atoms. The summed E-state index contributed by atoms with van der Waals surface area (Å²) in [5, 5.41) is 2.85. The first kappa shape index (κ1) is 22.1. The molecule has 30 heavy (non-hydrogen) atoms. The lowest BCUT2D eigenvalue weighted by Gasteiger charge is -2.41. The van der Waals surface area contributed by atoms with Gasteiger partial charge in [0.05, 0.1) is 6.61 Å². The van der Waals surface area contributed by atoms with Crippen molar-refractivity contribution >= 4 is 17.9 Å². The fourth-order valence-electron chi connectivity index (χ4n) is 4.32. The lowest BCUT2D eigenvalue weighted by Crippen LogP contribution is -2.57. The Morgan fingerprint density at radius 3 is 2.63 bits per heavy atom. The molecular weight excluding hydrogens is 382 g/mol. The van der Waals surface area contributed by atoms with Crippen LogP contribution in [0, 0.1) is 5.92 Å². The van der Waals surface area contributed by atoms with Gasteiger partial charge in [-0.05, 0) is 36.8 Å². The Bertz CT molecular complexity index is 779. The van der Waals surface area contributed by atoms with E-state index in [2.05, 4.69) is 5.32 Å². The summed E-state index contributed by atoms with van der Waals surface area (Å²) in [6.07, 6.45) is 2.14. The van der Waals surface area contributed by atoms with Gasteiger partial charge in [0.1, 0.15) is 6.04 Å². The minimum Gasteiger partial charge on any atom is -0.450 e. The number of piperidine rings is 1. The molecule has 0 radical (unpaired) electrons. The maximum Gasteiger partial charge on any atom is 0.407 e. The third-order valence-corrected chi connectivity index (χ3v) is 5.77. The van der Waals surface area contributed by atoms with Crippen LogP contribution in [0.3, 0.4) is 0 Å². The highest BCUT2D eigenvalue weighted by molar-refractivity contribution is 5.88. The van der Waals surface area contributed by atoms with E-state index in [0.717, 1.165) is 24.0 Å².